The second-order valence-electron chi connectivity index (χ2n) is 5.30. The van der Waals surface area contributed by atoms with E-state index in [4.69, 9.17) is 33.3 Å². The summed E-state index contributed by atoms with van der Waals surface area (Å²) in [4.78, 5) is 12.4. The van der Waals surface area contributed by atoms with Gasteiger partial charge in [0.25, 0.3) is 5.91 Å². The molecule has 0 saturated carbocycles. The molecular formula is C18H13BrClNO3S2. The number of benzene rings is 2. The third-order valence-corrected chi connectivity index (χ3v) is 5.49. The van der Waals surface area contributed by atoms with Crippen LogP contribution in [-0.4, -0.2) is 17.3 Å². The molecule has 1 aliphatic rings. The molecule has 1 amide bonds. The van der Waals surface area contributed by atoms with E-state index in [0.717, 1.165) is 15.6 Å². The zero-order valence-electron chi connectivity index (χ0n) is 13.5. The molecule has 1 N–H and O–H groups in total. The topological polar surface area (TPSA) is 47.6 Å². The van der Waals surface area contributed by atoms with Crippen molar-refractivity contribution in [3.05, 3.63) is 61.9 Å². The number of ether oxygens (including phenoxy) is 2. The van der Waals surface area contributed by atoms with Gasteiger partial charge in [-0.2, -0.15) is 0 Å². The lowest BCUT2D eigenvalue weighted by molar-refractivity contribution is -0.115. The second-order valence-corrected chi connectivity index (χ2v) is 8.31. The Kier molecular flexibility index (Phi) is 6.24. The minimum absolute atomic E-state index is 0.196. The molecule has 26 heavy (non-hydrogen) atoms. The summed E-state index contributed by atoms with van der Waals surface area (Å²) in [7, 11) is 1.57. The first-order valence-electron chi connectivity index (χ1n) is 7.46. The molecule has 2 aromatic carbocycles. The summed E-state index contributed by atoms with van der Waals surface area (Å²) in [6.45, 7) is 0.374. The Morgan fingerprint density at radius 1 is 1.31 bits per heavy atom. The number of methoxy groups -OCH3 is 1. The van der Waals surface area contributed by atoms with Gasteiger partial charge in [-0.3, -0.25) is 4.79 Å². The number of carbonyl (C=O) groups excluding carboxylic acids is 1. The number of hydrogen-bond donors (Lipinski definition) is 1. The third kappa shape index (κ3) is 4.59. The average molecular weight is 471 g/mol. The number of carbonyl (C=O) groups is 1. The van der Waals surface area contributed by atoms with Gasteiger partial charge >= 0.3 is 0 Å². The largest absolute Gasteiger partial charge is 0.493 e. The maximum Gasteiger partial charge on any atom is 0.263 e. The Labute approximate surface area is 174 Å². The van der Waals surface area contributed by atoms with Crippen LogP contribution in [0.5, 0.6) is 11.5 Å². The van der Waals surface area contributed by atoms with E-state index >= 15 is 0 Å². The highest BCUT2D eigenvalue weighted by Crippen LogP contribution is 2.38. The lowest BCUT2D eigenvalue weighted by atomic mass is 10.2. The van der Waals surface area contributed by atoms with Gasteiger partial charge < -0.3 is 14.8 Å². The quantitative estimate of drug-likeness (QED) is 0.482. The van der Waals surface area contributed by atoms with Crippen molar-refractivity contribution in [3.63, 3.8) is 0 Å². The lowest BCUT2D eigenvalue weighted by Gasteiger charge is -2.14. The summed E-state index contributed by atoms with van der Waals surface area (Å²) in [6, 6.07) is 11.1. The number of rotatable bonds is 5. The molecule has 0 atom stereocenters. The fraction of sp³-hybridized carbons (Fsp3) is 0.111. The molecule has 0 unspecified atom stereocenters. The van der Waals surface area contributed by atoms with Crippen molar-refractivity contribution in [3.8, 4) is 11.5 Å². The summed E-state index contributed by atoms with van der Waals surface area (Å²) in [5, 5.41) is 3.27. The van der Waals surface area contributed by atoms with Crippen molar-refractivity contribution < 1.29 is 14.3 Å². The van der Waals surface area contributed by atoms with Gasteiger partial charge in [-0.15, -0.1) is 0 Å². The summed E-state index contributed by atoms with van der Waals surface area (Å²) in [5.41, 5.74) is 1.79. The number of hydrogen-bond acceptors (Lipinski definition) is 5. The van der Waals surface area contributed by atoms with Crippen LogP contribution in [0.3, 0.4) is 0 Å². The molecule has 0 radical (unpaired) electrons. The van der Waals surface area contributed by atoms with Crippen LogP contribution < -0.4 is 14.8 Å². The predicted octanol–water partition coefficient (Wildman–Crippen LogP) is 5.18. The van der Waals surface area contributed by atoms with Crippen LogP contribution in [0.25, 0.3) is 6.08 Å². The molecule has 1 saturated heterocycles. The van der Waals surface area contributed by atoms with Crippen molar-refractivity contribution in [1.29, 1.82) is 0 Å². The Bertz CT molecular complexity index is 900. The van der Waals surface area contributed by atoms with Crippen molar-refractivity contribution in [1.82, 2.24) is 5.32 Å². The fourth-order valence-electron chi connectivity index (χ4n) is 2.27. The number of nitrogens with one attached hydrogen (secondary N) is 1. The van der Waals surface area contributed by atoms with Crippen molar-refractivity contribution >= 4 is 67.8 Å². The molecule has 2 aromatic rings. The molecular weight excluding hydrogens is 458 g/mol. The van der Waals surface area contributed by atoms with Gasteiger partial charge in [0.15, 0.2) is 11.5 Å². The van der Waals surface area contributed by atoms with Crippen molar-refractivity contribution in [2.45, 2.75) is 6.61 Å². The zero-order valence-corrected chi connectivity index (χ0v) is 17.5. The monoisotopic (exact) mass is 469 g/mol. The Morgan fingerprint density at radius 3 is 2.65 bits per heavy atom. The molecule has 1 fully saturated rings. The van der Waals surface area contributed by atoms with E-state index in [0.29, 0.717) is 32.4 Å². The van der Waals surface area contributed by atoms with Gasteiger partial charge in [0.2, 0.25) is 0 Å². The minimum atomic E-state index is -0.196. The van der Waals surface area contributed by atoms with Gasteiger partial charge in [0.05, 0.1) is 16.5 Å². The van der Waals surface area contributed by atoms with Crippen molar-refractivity contribution in [2.24, 2.45) is 0 Å². The molecule has 1 heterocycles. The SMILES string of the molecule is COc1cc(/C=C2\SC(=S)NC2=O)cc(Br)c1OCc1ccc(Cl)cc1. The van der Waals surface area contributed by atoms with E-state index in [2.05, 4.69) is 21.2 Å². The highest BCUT2D eigenvalue weighted by molar-refractivity contribution is 9.10. The maximum absolute atomic E-state index is 11.8. The maximum atomic E-state index is 11.8. The third-order valence-electron chi connectivity index (χ3n) is 3.49. The number of thiocarbonyl (C=S) groups is 1. The summed E-state index contributed by atoms with van der Waals surface area (Å²) in [5.74, 6) is 0.952. The number of thioether (sulfide) groups is 1. The highest BCUT2D eigenvalue weighted by Gasteiger charge is 2.22. The molecule has 0 aromatic heterocycles. The van der Waals surface area contributed by atoms with Gasteiger partial charge in [0, 0.05) is 5.02 Å². The van der Waals surface area contributed by atoms with E-state index in [-0.39, 0.29) is 5.91 Å². The van der Waals surface area contributed by atoms with Gasteiger partial charge in [0.1, 0.15) is 10.9 Å². The summed E-state index contributed by atoms with van der Waals surface area (Å²) < 4.78 is 12.5. The highest BCUT2D eigenvalue weighted by atomic mass is 79.9. The van der Waals surface area contributed by atoms with Gasteiger partial charge in [-0.1, -0.05) is 47.7 Å². The van der Waals surface area contributed by atoms with E-state index in [1.165, 1.54) is 11.8 Å². The zero-order chi connectivity index (χ0) is 18.7. The average Bonchev–Trinajstić information content (AvgIpc) is 2.92. The first kappa shape index (κ1) is 19.2. The van der Waals surface area contributed by atoms with Crippen LogP contribution in [0.15, 0.2) is 45.8 Å². The first-order chi connectivity index (χ1) is 12.5. The molecule has 3 rings (SSSR count). The summed E-state index contributed by atoms with van der Waals surface area (Å²) >= 11 is 15.6. The standard InChI is InChI=1S/C18H13BrClNO3S2/c1-23-14-7-11(8-15-17(22)21-18(25)26-15)6-13(19)16(14)24-9-10-2-4-12(20)5-3-10/h2-8H,9H2,1H3,(H,21,22,25)/b15-8-. The van der Waals surface area contributed by atoms with E-state index in [9.17, 15) is 4.79 Å². The van der Waals surface area contributed by atoms with Crippen LogP contribution in [0.2, 0.25) is 5.02 Å². The lowest BCUT2D eigenvalue weighted by Crippen LogP contribution is -2.17. The van der Waals surface area contributed by atoms with Crippen LogP contribution in [0.4, 0.5) is 0 Å². The molecule has 0 spiro atoms. The molecule has 0 aliphatic carbocycles. The number of amides is 1. The fourth-order valence-corrected chi connectivity index (χ4v) is 4.02. The second kappa shape index (κ2) is 8.43. The minimum Gasteiger partial charge on any atom is -0.493 e. The van der Waals surface area contributed by atoms with Crippen LogP contribution >= 0.6 is 51.5 Å². The van der Waals surface area contributed by atoms with Gasteiger partial charge in [-0.25, -0.2) is 0 Å². The Balaban J connectivity index is 1.83. The first-order valence-corrected chi connectivity index (χ1v) is 9.85. The predicted molar refractivity (Wildman–Crippen MR) is 113 cm³/mol. The number of halogens is 2. The Morgan fingerprint density at radius 2 is 2.04 bits per heavy atom. The van der Waals surface area contributed by atoms with Gasteiger partial charge in [-0.05, 0) is 57.4 Å². The van der Waals surface area contributed by atoms with Crippen LogP contribution in [0, 0.1) is 0 Å². The normalized spacial score (nSPS) is 15.3. The summed E-state index contributed by atoms with van der Waals surface area (Å²) in [6.07, 6.45) is 1.76. The molecule has 4 nitrogen and oxygen atoms in total. The smallest absolute Gasteiger partial charge is 0.263 e. The van der Waals surface area contributed by atoms with E-state index in [1.807, 2.05) is 36.4 Å². The van der Waals surface area contributed by atoms with Crippen LogP contribution in [0.1, 0.15) is 11.1 Å². The molecule has 1 aliphatic heterocycles. The molecule has 134 valence electrons. The molecule has 8 heteroatoms. The van der Waals surface area contributed by atoms with Crippen molar-refractivity contribution in [2.75, 3.05) is 7.11 Å². The Hall–Kier alpha value is -1.54. The van der Waals surface area contributed by atoms with Crippen LogP contribution in [-0.2, 0) is 11.4 Å². The van der Waals surface area contributed by atoms with E-state index in [1.54, 1.807) is 13.2 Å². The van der Waals surface area contributed by atoms with E-state index < -0.39 is 0 Å². The molecule has 0 bridgehead atoms.